The normalized spacial score (nSPS) is 30.5. The first-order chi connectivity index (χ1) is 14.9. The maximum atomic E-state index is 14.8. The Morgan fingerprint density at radius 1 is 1.03 bits per heavy atom. The summed E-state index contributed by atoms with van der Waals surface area (Å²) in [7, 11) is 0. The van der Waals surface area contributed by atoms with Crippen molar-refractivity contribution in [3.8, 4) is 18.2 Å². The quantitative estimate of drug-likeness (QED) is 0.790. The minimum atomic E-state index is -2.31. The molecule has 4 rings (SSSR count). The van der Waals surface area contributed by atoms with Gasteiger partial charge in [0, 0.05) is 17.2 Å². The summed E-state index contributed by atoms with van der Waals surface area (Å²) in [5.74, 6) is -5.07. The van der Waals surface area contributed by atoms with Gasteiger partial charge in [-0.25, -0.2) is 8.78 Å². The smallest absolute Gasteiger partial charge is 0.244 e. The molecule has 2 aromatic carbocycles. The van der Waals surface area contributed by atoms with Crippen LogP contribution in [0.15, 0.2) is 48.5 Å². The Morgan fingerprint density at radius 3 is 2.26 bits per heavy atom. The first kappa shape index (κ1) is 20.5. The molecule has 2 fully saturated rings. The van der Waals surface area contributed by atoms with Gasteiger partial charge in [0.2, 0.25) is 17.1 Å². The summed E-state index contributed by atoms with van der Waals surface area (Å²) in [6, 6.07) is 16.9. The number of nitrogens with one attached hydrogen (secondary N) is 1. The van der Waals surface area contributed by atoms with Crippen LogP contribution >= 0.6 is 0 Å². The van der Waals surface area contributed by atoms with E-state index in [1.165, 1.54) is 0 Å². The molecular formula is C23H16F2N4O2. The second kappa shape index (κ2) is 6.87. The zero-order chi connectivity index (χ0) is 22.4. The lowest BCUT2D eigenvalue weighted by Crippen LogP contribution is -2.58. The third-order valence-corrected chi connectivity index (χ3v) is 6.26. The molecule has 2 bridgehead atoms. The Balaban J connectivity index is 2.09. The van der Waals surface area contributed by atoms with Crippen LogP contribution in [0, 0.1) is 67.8 Å². The van der Waals surface area contributed by atoms with E-state index in [4.69, 9.17) is 14.9 Å². The summed E-state index contributed by atoms with van der Waals surface area (Å²) in [6.07, 6.45) is -1.39. The topological polar surface area (TPSA) is 114 Å². The molecule has 2 saturated heterocycles. The van der Waals surface area contributed by atoms with Crippen molar-refractivity contribution in [3.63, 3.8) is 0 Å². The van der Waals surface area contributed by atoms with Gasteiger partial charge in [0.1, 0.15) is 17.7 Å². The molecule has 2 heterocycles. The van der Waals surface area contributed by atoms with Gasteiger partial charge in [-0.15, -0.1) is 0 Å². The van der Waals surface area contributed by atoms with Crippen LogP contribution in [0.4, 0.5) is 8.78 Å². The number of nitrogens with zero attached hydrogens (tertiary/aromatic N) is 3. The minimum absolute atomic E-state index is 0.231. The number of hydrogen-bond donors (Lipinski definition) is 1. The van der Waals surface area contributed by atoms with E-state index >= 15 is 0 Å². The van der Waals surface area contributed by atoms with Gasteiger partial charge in [-0.2, -0.15) is 15.8 Å². The SMILES string of the molecule is CCC1C2(c3ccccc3)OC(=N)C1(C#N)C(C#N)(C#N)C(c1ccc(F)cc1F)O2. The highest BCUT2D eigenvalue weighted by molar-refractivity contribution is 5.89. The molecule has 4 atom stereocenters. The Morgan fingerprint density at radius 2 is 1.71 bits per heavy atom. The number of halogens is 2. The zero-order valence-electron chi connectivity index (χ0n) is 16.4. The van der Waals surface area contributed by atoms with Gasteiger partial charge < -0.3 is 9.47 Å². The first-order valence-electron chi connectivity index (χ1n) is 9.57. The van der Waals surface area contributed by atoms with E-state index in [0.717, 1.165) is 12.1 Å². The molecule has 154 valence electrons. The molecule has 1 N–H and O–H groups in total. The maximum Gasteiger partial charge on any atom is 0.244 e. The molecule has 6 nitrogen and oxygen atoms in total. The fraction of sp³-hybridized carbons (Fsp3) is 0.304. The van der Waals surface area contributed by atoms with E-state index in [2.05, 4.69) is 0 Å². The van der Waals surface area contributed by atoms with Gasteiger partial charge in [-0.05, 0) is 12.5 Å². The van der Waals surface area contributed by atoms with Crippen molar-refractivity contribution in [1.29, 1.82) is 21.2 Å². The standard InChI is InChI=1S/C23H16F2N4O2/c1-2-18-22(13-28)20(29)31-23(18,14-6-4-3-5-7-14)30-19(21(22,11-26)12-27)16-9-8-15(24)10-17(16)25/h3-10,18-19,29H,2H2,1H3. The second-order valence-electron chi connectivity index (χ2n) is 7.54. The molecule has 2 aliphatic rings. The summed E-state index contributed by atoms with van der Waals surface area (Å²) in [4.78, 5) is 0. The van der Waals surface area contributed by atoms with Crippen LogP contribution < -0.4 is 0 Å². The lowest BCUT2D eigenvalue weighted by Gasteiger charge is -2.49. The first-order valence-corrected chi connectivity index (χ1v) is 9.57. The van der Waals surface area contributed by atoms with Gasteiger partial charge in [-0.1, -0.05) is 43.3 Å². The molecule has 31 heavy (non-hydrogen) atoms. The van der Waals surface area contributed by atoms with Crippen molar-refractivity contribution in [3.05, 3.63) is 71.3 Å². The summed E-state index contributed by atoms with van der Waals surface area (Å²) in [6.45, 7) is 1.73. The Labute approximate surface area is 177 Å². The molecule has 2 aliphatic heterocycles. The van der Waals surface area contributed by atoms with Gasteiger partial charge in [-0.3, -0.25) is 5.41 Å². The van der Waals surface area contributed by atoms with Crippen LogP contribution in [-0.4, -0.2) is 5.90 Å². The molecule has 8 heteroatoms. The van der Waals surface area contributed by atoms with Crippen LogP contribution in [-0.2, 0) is 15.3 Å². The highest BCUT2D eigenvalue weighted by atomic mass is 19.1. The maximum absolute atomic E-state index is 14.8. The number of fused-ring (bicyclic) bond motifs is 2. The molecule has 0 aromatic heterocycles. The molecule has 0 saturated carbocycles. The van der Waals surface area contributed by atoms with E-state index < -0.39 is 46.2 Å². The van der Waals surface area contributed by atoms with E-state index in [0.29, 0.717) is 11.6 Å². The van der Waals surface area contributed by atoms with Crippen LogP contribution in [0.3, 0.4) is 0 Å². The molecule has 0 radical (unpaired) electrons. The Kier molecular flexibility index (Phi) is 4.54. The molecule has 2 aromatic rings. The predicted molar refractivity (Wildman–Crippen MR) is 103 cm³/mol. The third kappa shape index (κ3) is 2.33. The zero-order valence-corrected chi connectivity index (χ0v) is 16.4. The van der Waals surface area contributed by atoms with Gasteiger partial charge >= 0.3 is 0 Å². The molecule has 0 spiro atoms. The Bertz CT molecular complexity index is 1180. The van der Waals surface area contributed by atoms with E-state index in [1.54, 1.807) is 37.3 Å². The predicted octanol–water partition coefficient (Wildman–Crippen LogP) is 4.47. The summed E-state index contributed by atoms with van der Waals surface area (Å²) < 4.78 is 40.5. The van der Waals surface area contributed by atoms with Crippen molar-refractivity contribution >= 4 is 5.90 Å². The number of ether oxygens (including phenoxy) is 2. The highest BCUT2D eigenvalue weighted by Crippen LogP contribution is 2.69. The average Bonchev–Trinajstić information content (AvgIpc) is 2.98. The van der Waals surface area contributed by atoms with E-state index in [1.807, 2.05) is 18.2 Å². The van der Waals surface area contributed by atoms with Crippen LogP contribution in [0.2, 0.25) is 0 Å². The van der Waals surface area contributed by atoms with E-state index in [9.17, 15) is 24.6 Å². The number of nitriles is 3. The van der Waals surface area contributed by atoms with Gasteiger partial charge in [0.15, 0.2) is 5.41 Å². The monoisotopic (exact) mass is 418 g/mol. The number of rotatable bonds is 3. The van der Waals surface area contributed by atoms with Crippen molar-refractivity contribution in [2.24, 2.45) is 16.7 Å². The van der Waals surface area contributed by atoms with Crippen molar-refractivity contribution < 1.29 is 18.3 Å². The number of benzene rings is 2. The fourth-order valence-corrected chi connectivity index (χ4v) is 4.90. The third-order valence-electron chi connectivity index (χ3n) is 6.26. The van der Waals surface area contributed by atoms with Crippen molar-refractivity contribution in [2.75, 3.05) is 0 Å². The van der Waals surface area contributed by atoms with Crippen molar-refractivity contribution in [1.82, 2.24) is 0 Å². The molecule has 0 aliphatic carbocycles. The van der Waals surface area contributed by atoms with Crippen molar-refractivity contribution in [2.45, 2.75) is 25.2 Å². The van der Waals surface area contributed by atoms with Crippen LogP contribution in [0.25, 0.3) is 0 Å². The van der Waals surface area contributed by atoms with E-state index in [-0.39, 0.29) is 12.0 Å². The minimum Gasteiger partial charge on any atom is -0.443 e. The average molecular weight is 418 g/mol. The summed E-state index contributed by atoms with van der Waals surface area (Å²) >= 11 is 0. The second-order valence-corrected chi connectivity index (χ2v) is 7.54. The van der Waals surface area contributed by atoms with Gasteiger partial charge in [0.05, 0.1) is 24.1 Å². The molecule has 4 unspecified atom stereocenters. The van der Waals surface area contributed by atoms with Gasteiger partial charge in [0.25, 0.3) is 0 Å². The Hall–Kier alpha value is -3.80. The highest BCUT2D eigenvalue weighted by Gasteiger charge is 2.80. The van der Waals surface area contributed by atoms with Crippen LogP contribution in [0.1, 0.15) is 30.6 Å². The molecule has 0 amide bonds. The van der Waals surface area contributed by atoms with Crippen LogP contribution in [0.5, 0.6) is 0 Å². The summed E-state index contributed by atoms with van der Waals surface area (Å²) in [5.41, 5.74) is -4.16. The summed E-state index contributed by atoms with van der Waals surface area (Å²) in [5, 5.41) is 39.2. The fourth-order valence-electron chi connectivity index (χ4n) is 4.90. The molecular weight excluding hydrogens is 402 g/mol. The lowest BCUT2D eigenvalue weighted by atomic mass is 9.52. The lowest BCUT2D eigenvalue weighted by molar-refractivity contribution is -0.293. The largest absolute Gasteiger partial charge is 0.443 e. The number of hydrogen-bond acceptors (Lipinski definition) is 6.